The van der Waals surface area contributed by atoms with Gasteiger partial charge in [-0.25, -0.2) is 0 Å². The quantitative estimate of drug-likeness (QED) is 0.516. The predicted molar refractivity (Wildman–Crippen MR) is 125 cm³/mol. The number of nitrogens with one attached hydrogen (secondary N) is 1. The number of nitrogens with zero attached hydrogens (tertiary/aromatic N) is 1. The zero-order valence-corrected chi connectivity index (χ0v) is 18.4. The molecule has 1 aliphatic rings. The largest absolute Gasteiger partial charge is 0.351 e. The molecule has 0 saturated heterocycles. The summed E-state index contributed by atoms with van der Waals surface area (Å²) in [5, 5.41) is 3.08. The van der Waals surface area contributed by atoms with E-state index in [0.29, 0.717) is 12.1 Å². The molecule has 0 fully saturated rings. The molecule has 3 aromatic rings. The molecule has 30 heavy (non-hydrogen) atoms. The minimum atomic E-state index is -0.0589. The Morgan fingerprint density at radius 2 is 1.80 bits per heavy atom. The first-order valence-corrected chi connectivity index (χ1v) is 11.2. The van der Waals surface area contributed by atoms with Crippen LogP contribution in [-0.4, -0.2) is 18.2 Å². The van der Waals surface area contributed by atoms with Crippen molar-refractivity contribution >= 4 is 29.1 Å². The van der Waals surface area contributed by atoms with Crippen LogP contribution in [0.25, 0.3) is 0 Å². The number of hydrogen-bond acceptors (Lipinski definition) is 3. The van der Waals surface area contributed by atoms with Gasteiger partial charge >= 0.3 is 0 Å². The van der Waals surface area contributed by atoms with E-state index in [2.05, 4.69) is 56.4 Å². The Kier molecular flexibility index (Phi) is 6.05. The molecular formula is C26H26N2OS. The third-order valence-electron chi connectivity index (χ3n) is 5.41. The predicted octanol–water partition coefficient (Wildman–Crippen LogP) is 6.52. The summed E-state index contributed by atoms with van der Waals surface area (Å²) < 4.78 is 0. The van der Waals surface area contributed by atoms with Gasteiger partial charge in [0.2, 0.25) is 0 Å². The molecule has 1 amide bonds. The highest BCUT2D eigenvalue weighted by molar-refractivity contribution is 7.99. The maximum absolute atomic E-state index is 12.8. The Balaban J connectivity index is 1.56. The third kappa shape index (κ3) is 4.34. The molecule has 3 nitrogen and oxygen atoms in total. The van der Waals surface area contributed by atoms with Crippen LogP contribution in [0.3, 0.4) is 0 Å². The maximum atomic E-state index is 12.8. The minimum Gasteiger partial charge on any atom is -0.351 e. The molecular weight excluding hydrogens is 388 g/mol. The summed E-state index contributed by atoms with van der Waals surface area (Å²) in [5.41, 5.74) is 6.23. The van der Waals surface area contributed by atoms with Gasteiger partial charge in [0, 0.05) is 33.2 Å². The zero-order valence-electron chi connectivity index (χ0n) is 17.6. The highest BCUT2D eigenvalue weighted by atomic mass is 32.2. The van der Waals surface area contributed by atoms with Crippen molar-refractivity contribution in [3.8, 4) is 0 Å². The number of rotatable bonds is 5. The van der Waals surface area contributed by atoms with Crippen LogP contribution in [0, 0.1) is 6.92 Å². The second kappa shape index (κ2) is 8.88. The van der Waals surface area contributed by atoms with E-state index in [1.165, 1.54) is 21.6 Å². The summed E-state index contributed by atoms with van der Waals surface area (Å²) in [6.07, 6.45) is 0.849. The number of fused-ring (bicyclic) bond motifs is 2. The fraction of sp³-hybridized carbons (Fsp3) is 0.231. The zero-order chi connectivity index (χ0) is 21.1. The average Bonchev–Trinajstić information content (AvgIpc) is 2.93. The van der Waals surface area contributed by atoms with Crippen molar-refractivity contribution in [2.24, 2.45) is 4.99 Å². The van der Waals surface area contributed by atoms with Crippen molar-refractivity contribution in [1.29, 1.82) is 0 Å². The van der Waals surface area contributed by atoms with Crippen molar-refractivity contribution in [3.05, 3.63) is 89.0 Å². The molecule has 0 spiro atoms. The molecule has 0 bridgehead atoms. The fourth-order valence-electron chi connectivity index (χ4n) is 3.63. The lowest BCUT2D eigenvalue weighted by atomic mass is 10.0. The van der Waals surface area contributed by atoms with Crippen LogP contribution in [0.15, 0.2) is 81.5 Å². The number of aliphatic imine (C=N–C) groups is 1. The van der Waals surface area contributed by atoms with Crippen LogP contribution in [0.5, 0.6) is 0 Å². The molecule has 4 rings (SSSR count). The lowest BCUT2D eigenvalue weighted by Crippen LogP contribution is -2.27. The third-order valence-corrected chi connectivity index (χ3v) is 6.56. The topological polar surface area (TPSA) is 41.5 Å². The van der Waals surface area contributed by atoms with Crippen LogP contribution in [0.2, 0.25) is 0 Å². The van der Waals surface area contributed by atoms with E-state index in [-0.39, 0.29) is 11.8 Å². The van der Waals surface area contributed by atoms with Gasteiger partial charge in [0.05, 0.1) is 5.69 Å². The summed E-state index contributed by atoms with van der Waals surface area (Å²) >= 11 is 1.72. The lowest BCUT2D eigenvalue weighted by Gasteiger charge is -2.13. The van der Waals surface area contributed by atoms with Gasteiger partial charge in [0.1, 0.15) is 0 Å². The van der Waals surface area contributed by atoms with Gasteiger partial charge in [-0.15, -0.1) is 0 Å². The SMILES string of the molecule is CCC1=Nc2cc(C(=O)NC[C@@H](C)c3ccccc3)ccc2Sc2ccc(C)cc21. The van der Waals surface area contributed by atoms with Crippen molar-refractivity contribution < 1.29 is 4.79 Å². The van der Waals surface area contributed by atoms with Gasteiger partial charge < -0.3 is 5.32 Å². The van der Waals surface area contributed by atoms with E-state index in [9.17, 15) is 4.79 Å². The lowest BCUT2D eigenvalue weighted by molar-refractivity contribution is 0.0951. The summed E-state index contributed by atoms with van der Waals surface area (Å²) in [7, 11) is 0. The van der Waals surface area contributed by atoms with E-state index >= 15 is 0 Å². The monoisotopic (exact) mass is 414 g/mol. The average molecular weight is 415 g/mol. The summed E-state index contributed by atoms with van der Waals surface area (Å²) in [6.45, 7) is 6.96. The van der Waals surface area contributed by atoms with Gasteiger partial charge in [0.15, 0.2) is 0 Å². The maximum Gasteiger partial charge on any atom is 0.251 e. The van der Waals surface area contributed by atoms with Gasteiger partial charge in [-0.1, -0.05) is 67.6 Å². The van der Waals surface area contributed by atoms with Gasteiger partial charge in [-0.2, -0.15) is 0 Å². The second-order valence-electron chi connectivity index (χ2n) is 7.72. The molecule has 0 saturated carbocycles. The van der Waals surface area contributed by atoms with Crippen LogP contribution >= 0.6 is 11.8 Å². The number of amides is 1. The van der Waals surface area contributed by atoms with Crippen molar-refractivity contribution in [1.82, 2.24) is 5.32 Å². The van der Waals surface area contributed by atoms with Gasteiger partial charge in [-0.3, -0.25) is 9.79 Å². The number of carbonyl (C=O) groups is 1. The van der Waals surface area contributed by atoms with E-state index in [4.69, 9.17) is 4.99 Å². The van der Waals surface area contributed by atoms with Crippen LogP contribution in [0.4, 0.5) is 5.69 Å². The first kappa shape index (κ1) is 20.4. The molecule has 1 heterocycles. The Hall–Kier alpha value is -2.85. The molecule has 3 aromatic carbocycles. The van der Waals surface area contributed by atoms with Gasteiger partial charge in [-0.05, 0) is 55.2 Å². The van der Waals surface area contributed by atoms with E-state index in [1.54, 1.807) is 11.8 Å². The normalized spacial score (nSPS) is 13.5. The number of aryl methyl sites for hydroxylation is 1. The molecule has 152 valence electrons. The summed E-state index contributed by atoms with van der Waals surface area (Å²) in [6, 6.07) is 22.6. The highest BCUT2D eigenvalue weighted by Gasteiger charge is 2.18. The highest BCUT2D eigenvalue weighted by Crippen LogP contribution is 2.41. The second-order valence-corrected chi connectivity index (χ2v) is 8.80. The molecule has 0 radical (unpaired) electrons. The molecule has 4 heteroatoms. The molecule has 1 N–H and O–H groups in total. The van der Waals surface area contributed by atoms with Crippen LogP contribution in [0.1, 0.15) is 53.2 Å². The number of carbonyl (C=O) groups excluding carboxylic acids is 1. The Labute approximate surface area is 182 Å². The first-order valence-electron chi connectivity index (χ1n) is 10.4. The molecule has 0 aliphatic carbocycles. The van der Waals surface area contributed by atoms with E-state index in [1.807, 2.05) is 36.4 Å². The standard InChI is InChI=1S/C26H26N2OS/c1-4-22-21-14-17(2)10-12-24(21)30-25-13-11-20(15-23(25)28-22)26(29)27-16-18(3)19-8-6-5-7-9-19/h5-15,18H,4,16H2,1-3H3,(H,27,29)/t18-/m1/s1. The Bertz CT molecular complexity index is 1110. The fourth-order valence-corrected chi connectivity index (χ4v) is 4.64. The van der Waals surface area contributed by atoms with Crippen molar-refractivity contribution in [2.45, 2.75) is 42.9 Å². The van der Waals surface area contributed by atoms with E-state index in [0.717, 1.165) is 22.7 Å². The smallest absolute Gasteiger partial charge is 0.251 e. The van der Waals surface area contributed by atoms with Gasteiger partial charge in [0.25, 0.3) is 5.91 Å². The molecule has 0 unspecified atom stereocenters. The van der Waals surface area contributed by atoms with Crippen LogP contribution in [-0.2, 0) is 0 Å². The molecule has 0 aromatic heterocycles. The summed E-state index contributed by atoms with van der Waals surface area (Å²) in [4.78, 5) is 20.0. The Morgan fingerprint density at radius 3 is 2.57 bits per heavy atom. The molecule has 1 atom stereocenters. The van der Waals surface area contributed by atoms with Crippen molar-refractivity contribution in [2.75, 3.05) is 6.54 Å². The molecule has 1 aliphatic heterocycles. The minimum absolute atomic E-state index is 0.0589. The Morgan fingerprint density at radius 1 is 1.03 bits per heavy atom. The van der Waals surface area contributed by atoms with E-state index < -0.39 is 0 Å². The first-order chi connectivity index (χ1) is 14.5. The number of hydrogen-bond donors (Lipinski definition) is 1. The summed E-state index contributed by atoms with van der Waals surface area (Å²) in [5.74, 6) is 0.199. The van der Waals surface area contributed by atoms with Crippen LogP contribution < -0.4 is 5.32 Å². The number of benzene rings is 3. The van der Waals surface area contributed by atoms with Crippen molar-refractivity contribution in [3.63, 3.8) is 0 Å².